The van der Waals surface area contributed by atoms with Crippen LogP contribution in [-0.4, -0.2) is 0 Å². The molecule has 0 aromatic heterocycles. The van der Waals surface area contributed by atoms with Crippen LogP contribution in [-0.2, 0) is 32.7 Å². The van der Waals surface area contributed by atoms with E-state index < -0.39 is 0 Å². The van der Waals surface area contributed by atoms with Crippen molar-refractivity contribution in [1.82, 2.24) is 0 Å². The first-order chi connectivity index (χ1) is 4.93. The fraction of sp³-hybridized carbons (Fsp3) is 0.500. The summed E-state index contributed by atoms with van der Waals surface area (Å²) in [6.45, 7) is 7.78. The van der Waals surface area contributed by atoms with Gasteiger partial charge in [-0.2, -0.15) is 12.0 Å². The van der Waals surface area contributed by atoms with Crippen LogP contribution in [0.4, 0.5) is 0 Å². The molecule has 1 radical (unpaired) electrons. The van der Waals surface area contributed by atoms with Crippen LogP contribution < -0.4 is 0 Å². The summed E-state index contributed by atoms with van der Waals surface area (Å²) in [4.78, 5) is 0. The summed E-state index contributed by atoms with van der Waals surface area (Å²) in [5.74, 6) is 0. The molecule has 1 rings (SSSR count). The number of allylic oxidation sites excluding steroid dienone is 4. The minimum atomic E-state index is 0. The van der Waals surface area contributed by atoms with Crippen molar-refractivity contribution >= 4 is 0 Å². The van der Waals surface area contributed by atoms with Gasteiger partial charge in [0, 0.05) is 32.7 Å². The maximum absolute atomic E-state index is 3.78. The molecule has 0 bridgehead atoms. The minimum absolute atomic E-state index is 0. The van der Waals surface area contributed by atoms with Crippen molar-refractivity contribution in [3.05, 3.63) is 30.7 Å². The molecule has 1 heteroatoms. The molecule has 11 heavy (non-hydrogen) atoms. The molecule has 0 N–H and O–H groups in total. The van der Waals surface area contributed by atoms with Crippen molar-refractivity contribution in [3.63, 3.8) is 0 Å². The molecule has 0 saturated heterocycles. The average Bonchev–Trinajstić information content (AvgIpc) is 2.10. The van der Waals surface area contributed by atoms with Gasteiger partial charge < -0.3 is 6.92 Å². The van der Waals surface area contributed by atoms with Gasteiger partial charge in [0.25, 0.3) is 0 Å². The Hall–Kier alpha value is 0.584. The second-order valence-electron chi connectivity index (χ2n) is 1.94. The molecule has 0 heterocycles. The molecule has 61 valence electrons. The third-order valence-corrected chi connectivity index (χ3v) is 1.32. The number of hydrogen-bond donors (Lipinski definition) is 0. The van der Waals surface area contributed by atoms with Crippen molar-refractivity contribution < 1.29 is 32.7 Å². The van der Waals surface area contributed by atoms with Gasteiger partial charge >= 0.3 is 0 Å². The Balaban J connectivity index is 0. The molecule has 0 saturated carbocycles. The zero-order chi connectivity index (χ0) is 7.82. The smallest absolute Gasteiger partial charge is 0 e. The second-order valence-corrected chi connectivity index (χ2v) is 1.94. The Kier molecular flexibility index (Phi) is 13.6. The van der Waals surface area contributed by atoms with Crippen LogP contribution in [0, 0.1) is 13.0 Å². The molecule has 1 aliphatic carbocycles. The predicted octanol–water partition coefficient (Wildman–Crippen LogP) is 3.31. The Morgan fingerprint density at radius 3 is 2.45 bits per heavy atom. The van der Waals surface area contributed by atoms with Crippen molar-refractivity contribution in [3.8, 4) is 0 Å². The van der Waals surface area contributed by atoms with Crippen LogP contribution in [0.25, 0.3) is 0 Å². The summed E-state index contributed by atoms with van der Waals surface area (Å²) >= 11 is 0. The van der Waals surface area contributed by atoms with Crippen molar-refractivity contribution in [2.75, 3.05) is 0 Å². The predicted molar refractivity (Wildman–Crippen MR) is 46.5 cm³/mol. The van der Waals surface area contributed by atoms with Crippen molar-refractivity contribution in [1.29, 1.82) is 0 Å². The molecule has 0 nitrogen and oxygen atoms in total. The normalized spacial score (nSPS) is 13.9. The van der Waals surface area contributed by atoms with E-state index in [4.69, 9.17) is 0 Å². The molecule has 0 amide bonds. The maximum atomic E-state index is 3.78. The van der Waals surface area contributed by atoms with E-state index in [1.165, 1.54) is 18.4 Å². The zero-order valence-corrected chi connectivity index (χ0v) is 10.4. The van der Waals surface area contributed by atoms with E-state index in [1.807, 2.05) is 19.9 Å². The standard InChI is InChI=1S/C8H10.C2H6.Y/c1-2-8-6-4-3-5-7-8;1-2;/h3-4H,1-2,5,7H2;1-2H3;/q-2;;. The van der Waals surface area contributed by atoms with Crippen LogP contribution in [0.3, 0.4) is 0 Å². The summed E-state index contributed by atoms with van der Waals surface area (Å²) in [5, 5.41) is 0. The maximum Gasteiger partial charge on any atom is 0 e. The third-order valence-electron chi connectivity index (χ3n) is 1.32. The third kappa shape index (κ3) is 6.96. The van der Waals surface area contributed by atoms with Gasteiger partial charge in [0.05, 0.1) is 0 Å². The van der Waals surface area contributed by atoms with Crippen LogP contribution in [0.2, 0.25) is 0 Å². The molecular formula is C10H16Y-2. The number of rotatable bonds is 1. The van der Waals surface area contributed by atoms with Gasteiger partial charge in [-0.3, -0.25) is 6.08 Å². The van der Waals surface area contributed by atoms with Gasteiger partial charge in [-0.15, -0.1) is 0 Å². The van der Waals surface area contributed by atoms with Crippen LogP contribution in [0.5, 0.6) is 0 Å². The molecule has 0 aromatic rings. The Bertz CT molecular complexity index is 123. The largest absolute Gasteiger partial charge is 0.341 e. The van der Waals surface area contributed by atoms with E-state index in [2.05, 4.69) is 19.1 Å². The van der Waals surface area contributed by atoms with Crippen LogP contribution >= 0.6 is 0 Å². The SMILES string of the molecule is CC.[CH2-]CC1=[C-]C=CCC1.[Y]. The van der Waals surface area contributed by atoms with Gasteiger partial charge in [0.15, 0.2) is 0 Å². The van der Waals surface area contributed by atoms with Gasteiger partial charge in [-0.25, -0.2) is 12.2 Å². The molecule has 0 fully saturated rings. The summed E-state index contributed by atoms with van der Waals surface area (Å²) in [6.07, 6.45) is 10.5. The van der Waals surface area contributed by atoms with E-state index in [0.29, 0.717) is 0 Å². The molecule has 1 aliphatic rings. The van der Waals surface area contributed by atoms with Crippen molar-refractivity contribution in [2.45, 2.75) is 33.1 Å². The zero-order valence-electron chi connectivity index (χ0n) is 7.56. The monoisotopic (exact) mass is 225 g/mol. The minimum Gasteiger partial charge on any atom is -0.341 e. The average molecular weight is 225 g/mol. The van der Waals surface area contributed by atoms with Gasteiger partial charge in [0.1, 0.15) is 0 Å². The van der Waals surface area contributed by atoms with Gasteiger partial charge in [-0.1, -0.05) is 26.7 Å². The fourth-order valence-corrected chi connectivity index (χ4v) is 0.787. The molecule has 0 unspecified atom stereocenters. The Morgan fingerprint density at radius 1 is 1.55 bits per heavy atom. The summed E-state index contributed by atoms with van der Waals surface area (Å²) < 4.78 is 0. The summed E-state index contributed by atoms with van der Waals surface area (Å²) in [6, 6.07) is 0. The fourth-order valence-electron chi connectivity index (χ4n) is 0.787. The molecule has 0 atom stereocenters. The van der Waals surface area contributed by atoms with E-state index in [-0.39, 0.29) is 32.7 Å². The Morgan fingerprint density at radius 2 is 2.18 bits per heavy atom. The first-order valence-corrected chi connectivity index (χ1v) is 3.99. The first kappa shape index (κ1) is 14.1. The van der Waals surface area contributed by atoms with E-state index in [9.17, 15) is 0 Å². The van der Waals surface area contributed by atoms with Crippen molar-refractivity contribution in [2.24, 2.45) is 0 Å². The van der Waals surface area contributed by atoms with E-state index in [1.54, 1.807) is 0 Å². The molecule has 0 aromatic carbocycles. The molecular weight excluding hydrogens is 209 g/mol. The molecule has 0 spiro atoms. The summed E-state index contributed by atoms with van der Waals surface area (Å²) in [7, 11) is 0. The summed E-state index contributed by atoms with van der Waals surface area (Å²) in [5.41, 5.74) is 1.35. The van der Waals surface area contributed by atoms with E-state index >= 15 is 0 Å². The topological polar surface area (TPSA) is 0 Å². The van der Waals surface area contributed by atoms with Crippen LogP contribution in [0.15, 0.2) is 17.7 Å². The Labute approximate surface area is 96.0 Å². The first-order valence-electron chi connectivity index (χ1n) is 3.99. The van der Waals surface area contributed by atoms with Gasteiger partial charge in [0.2, 0.25) is 0 Å². The number of hydrogen-bond acceptors (Lipinski definition) is 0. The van der Waals surface area contributed by atoms with Crippen LogP contribution in [0.1, 0.15) is 33.1 Å². The van der Waals surface area contributed by atoms with E-state index in [0.717, 1.165) is 6.42 Å². The molecule has 0 aliphatic heterocycles. The van der Waals surface area contributed by atoms with Gasteiger partial charge in [-0.05, 0) is 0 Å². The quantitative estimate of drug-likeness (QED) is 0.600. The second kappa shape index (κ2) is 10.6.